The molecule has 0 spiro atoms. The molecule has 22 heavy (non-hydrogen) atoms. The van der Waals surface area contributed by atoms with Gasteiger partial charge in [0.2, 0.25) is 0 Å². The van der Waals surface area contributed by atoms with Gasteiger partial charge in [0.1, 0.15) is 5.00 Å². The van der Waals surface area contributed by atoms with Crippen LogP contribution in [0.5, 0.6) is 0 Å². The van der Waals surface area contributed by atoms with Gasteiger partial charge in [0.15, 0.2) is 5.11 Å². The second kappa shape index (κ2) is 6.96. The summed E-state index contributed by atoms with van der Waals surface area (Å²) < 4.78 is 4.97. The van der Waals surface area contributed by atoms with Crippen LogP contribution in [0, 0.1) is 0 Å². The number of ether oxygens (including phenoxy) is 1. The standard InChI is InChI=1S/C16H24N2O2S2/c1-5-16(2,3)18-15(21)17-13-12(14(19)20-4)10-8-6-7-9-11(10)22-13/h5-9H2,1-4H3,(H2,17,18,21). The number of hydrogen-bond acceptors (Lipinski definition) is 4. The van der Waals surface area contributed by atoms with Crippen LogP contribution in [0.15, 0.2) is 0 Å². The van der Waals surface area contributed by atoms with E-state index in [4.69, 9.17) is 17.0 Å². The normalized spacial score (nSPS) is 14.2. The molecule has 1 aromatic rings. The van der Waals surface area contributed by atoms with E-state index in [-0.39, 0.29) is 11.5 Å². The Morgan fingerprint density at radius 1 is 1.36 bits per heavy atom. The van der Waals surface area contributed by atoms with Crippen LogP contribution in [0.1, 0.15) is 60.8 Å². The third-order valence-corrected chi connectivity index (χ3v) is 5.54. The number of hydrogen-bond donors (Lipinski definition) is 2. The van der Waals surface area contributed by atoms with Crippen molar-refractivity contribution in [1.29, 1.82) is 0 Å². The van der Waals surface area contributed by atoms with Gasteiger partial charge < -0.3 is 15.4 Å². The van der Waals surface area contributed by atoms with Crippen molar-refractivity contribution in [3.05, 3.63) is 16.0 Å². The number of thiophene rings is 1. The Balaban J connectivity index is 2.25. The summed E-state index contributed by atoms with van der Waals surface area (Å²) in [5, 5.41) is 7.87. The van der Waals surface area contributed by atoms with Crippen LogP contribution >= 0.6 is 23.6 Å². The van der Waals surface area contributed by atoms with Crippen molar-refractivity contribution < 1.29 is 9.53 Å². The zero-order valence-corrected chi connectivity index (χ0v) is 15.3. The number of fused-ring (bicyclic) bond motifs is 1. The van der Waals surface area contributed by atoms with Crippen molar-refractivity contribution in [2.24, 2.45) is 0 Å². The number of esters is 1. The lowest BCUT2D eigenvalue weighted by Gasteiger charge is -2.26. The molecule has 0 saturated heterocycles. The van der Waals surface area contributed by atoms with Gasteiger partial charge in [-0.15, -0.1) is 11.3 Å². The lowest BCUT2D eigenvalue weighted by molar-refractivity contribution is 0.0601. The molecule has 1 aliphatic rings. The number of carbonyl (C=O) groups excluding carboxylic acids is 1. The van der Waals surface area contributed by atoms with Gasteiger partial charge in [-0.05, 0) is 63.7 Å². The van der Waals surface area contributed by atoms with Crippen LogP contribution in [-0.2, 0) is 17.6 Å². The Morgan fingerprint density at radius 2 is 2.05 bits per heavy atom. The topological polar surface area (TPSA) is 50.4 Å². The van der Waals surface area contributed by atoms with E-state index in [2.05, 4.69) is 31.4 Å². The first-order valence-electron chi connectivity index (χ1n) is 7.70. The van der Waals surface area contributed by atoms with Crippen molar-refractivity contribution in [1.82, 2.24) is 5.32 Å². The minimum Gasteiger partial charge on any atom is -0.465 e. The Labute approximate surface area is 141 Å². The highest BCUT2D eigenvalue weighted by molar-refractivity contribution is 7.80. The monoisotopic (exact) mass is 340 g/mol. The Hall–Kier alpha value is -1.14. The predicted octanol–water partition coefficient (Wildman–Crippen LogP) is 3.89. The zero-order chi connectivity index (χ0) is 16.3. The molecule has 1 heterocycles. The molecule has 0 amide bonds. The SMILES string of the molecule is CCC(C)(C)NC(=S)Nc1sc2c(c1C(=O)OC)CCCC2. The van der Waals surface area contributed by atoms with Gasteiger partial charge >= 0.3 is 5.97 Å². The largest absolute Gasteiger partial charge is 0.465 e. The number of thiocarbonyl (C=S) groups is 1. The van der Waals surface area contributed by atoms with Crippen LogP contribution in [0.25, 0.3) is 0 Å². The fraction of sp³-hybridized carbons (Fsp3) is 0.625. The van der Waals surface area contributed by atoms with Gasteiger partial charge in [-0.3, -0.25) is 0 Å². The second-order valence-corrected chi connectivity index (χ2v) is 7.74. The van der Waals surface area contributed by atoms with Gasteiger partial charge in [0.25, 0.3) is 0 Å². The molecule has 1 aliphatic carbocycles. The van der Waals surface area contributed by atoms with Gasteiger partial charge in [0, 0.05) is 10.4 Å². The summed E-state index contributed by atoms with van der Waals surface area (Å²) in [5.74, 6) is -0.278. The lowest BCUT2D eigenvalue weighted by atomic mass is 9.95. The minimum absolute atomic E-state index is 0.0770. The van der Waals surface area contributed by atoms with E-state index in [9.17, 15) is 4.79 Å². The zero-order valence-electron chi connectivity index (χ0n) is 13.7. The molecule has 0 unspecified atom stereocenters. The van der Waals surface area contributed by atoms with Crippen LogP contribution in [0.4, 0.5) is 5.00 Å². The molecule has 0 bridgehead atoms. The smallest absolute Gasteiger partial charge is 0.341 e. The Bertz CT molecular complexity index is 579. The number of rotatable bonds is 4. The number of nitrogens with one attached hydrogen (secondary N) is 2. The minimum atomic E-state index is -0.278. The Kier molecular flexibility index (Phi) is 5.45. The first-order valence-corrected chi connectivity index (χ1v) is 8.92. The lowest BCUT2D eigenvalue weighted by Crippen LogP contribution is -2.44. The number of methoxy groups -OCH3 is 1. The van der Waals surface area contributed by atoms with E-state index in [1.807, 2.05) is 0 Å². The average molecular weight is 341 g/mol. The van der Waals surface area contributed by atoms with E-state index < -0.39 is 0 Å². The van der Waals surface area contributed by atoms with Crippen LogP contribution in [-0.4, -0.2) is 23.7 Å². The van der Waals surface area contributed by atoms with Gasteiger partial charge in [-0.25, -0.2) is 4.79 Å². The molecule has 4 nitrogen and oxygen atoms in total. The van der Waals surface area contributed by atoms with Crippen molar-refractivity contribution in [2.45, 2.75) is 58.4 Å². The van der Waals surface area contributed by atoms with E-state index >= 15 is 0 Å². The van der Waals surface area contributed by atoms with Gasteiger partial charge in [-0.1, -0.05) is 6.92 Å². The highest BCUT2D eigenvalue weighted by Crippen LogP contribution is 2.38. The highest BCUT2D eigenvalue weighted by atomic mass is 32.1. The first-order chi connectivity index (χ1) is 10.4. The number of aryl methyl sites for hydroxylation is 1. The molecular formula is C16H24N2O2S2. The quantitative estimate of drug-likeness (QED) is 0.643. The van der Waals surface area contributed by atoms with E-state index in [0.29, 0.717) is 10.7 Å². The van der Waals surface area contributed by atoms with Crippen molar-refractivity contribution in [3.8, 4) is 0 Å². The number of anilines is 1. The maximum atomic E-state index is 12.2. The molecule has 122 valence electrons. The molecule has 0 saturated carbocycles. The van der Waals surface area contributed by atoms with Crippen molar-refractivity contribution in [2.75, 3.05) is 12.4 Å². The molecule has 0 aromatic carbocycles. The molecule has 2 N–H and O–H groups in total. The second-order valence-electron chi connectivity index (χ2n) is 6.22. The maximum Gasteiger partial charge on any atom is 0.341 e. The third-order valence-electron chi connectivity index (χ3n) is 4.12. The molecule has 0 fully saturated rings. The van der Waals surface area contributed by atoms with Gasteiger partial charge in [-0.2, -0.15) is 0 Å². The molecule has 0 atom stereocenters. The van der Waals surface area contributed by atoms with Crippen molar-refractivity contribution in [3.63, 3.8) is 0 Å². The molecule has 1 aromatic heterocycles. The van der Waals surface area contributed by atoms with Crippen LogP contribution < -0.4 is 10.6 Å². The maximum absolute atomic E-state index is 12.2. The summed E-state index contributed by atoms with van der Waals surface area (Å²) in [7, 11) is 1.43. The van der Waals surface area contributed by atoms with E-state index in [0.717, 1.165) is 36.2 Å². The fourth-order valence-electron chi connectivity index (χ4n) is 2.50. The summed E-state index contributed by atoms with van der Waals surface area (Å²) in [6.07, 6.45) is 5.24. The van der Waals surface area contributed by atoms with Crippen LogP contribution in [0.2, 0.25) is 0 Å². The Morgan fingerprint density at radius 3 is 2.68 bits per heavy atom. The third kappa shape index (κ3) is 3.79. The fourth-order valence-corrected chi connectivity index (χ4v) is 4.23. The van der Waals surface area contributed by atoms with E-state index in [1.54, 1.807) is 11.3 Å². The molecule has 6 heteroatoms. The van der Waals surface area contributed by atoms with Crippen molar-refractivity contribution >= 4 is 39.6 Å². The highest BCUT2D eigenvalue weighted by Gasteiger charge is 2.27. The molecule has 2 rings (SSSR count). The first kappa shape index (κ1) is 17.2. The molecule has 0 radical (unpaired) electrons. The molecule has 0 aliphatic heterocycles. The van der Waals surface area contributed by atoms with Gasteiger partial charge in [0.05, 0.1) is 12.7 Å². The summed E-state index contributed by atoms with van der Waals surface area (Å²) in [4.78, 5) is 13.5. The molecular weight excluding hydrogens is 316 g/mol. The summed E-state index contributed by atoms with van der Waals surface area (Å²) >= 11 is 7.03. The number of carbonyl (C=O) groups is 1. The summed E-state index contributed by atoms with van der Waals surface area (Å²) in [5.41, 5.74) is 1.73. The summed E-state index contributed by atoms with van der Waals surface area (Å²) in [6, 6.07) is 0. The predicted molar refractivity (Wildman–Crippen MR) is 96.0 cm³/mol. The summed E-state index contributed by atoms with van der Waals surface area (Å²) in [6.45, 7) is 6.31. The average Bonchev–Trinajstić information content (AvgIpc) is 2.83. The van der Waals surface area contributed by atoms with E-state index in [1.165, 1.54) is 18.4 Å². The van der Waals surface area contributed by atoms with Crippen LogP contribution in [0.3, 0.4) is 0 Å².